The zero-order valence-electron chi connectivity index (χ0n) is 16.1. The molecule has 1 aromatic carbocycles. The van der Waals surface area contributed by atoms with Crippen LogP contribution in [0, 0.1) is 6.92 Å². The van der Waals surface area contributed by atoms with Crippen molar-refractivity contribution in [3.63, 3.8) is 0 Å². The highest BCUT2D eigenvalue weighted by atomic mass is 32.2. The second-order valence-electron chi connectivity index (χ2n) is 6.43. The predicted octanol–water partition coefficient (Wildman–Crippen LogP) is 3.14. The van der Waals surface area contributed by atoms with Gasteiger partial charge in [-0.1, -0.05) is 12.1 Å². The number of nitrogens with zero attached hydrogens (tertiary/aromatic N) is 5. The number of fused-ring (bicyclic) bond motifs is 1. The number of pyridine rings is 1. The third-order valence-corrected chi connectivity index (χ3v) is 7.16. The van der Waals surface area contributed by atoms with E-state index in [0.717, 1.165) is 11.3 Å². The maximum atomic E-state index is 13.5. The molecule has 0 unspecified atom stereocenters. The fourth-order valence-corrected chi connectivity index (χ4v) is 5.30. The van der Waals surface area contributed by atoms with Gasteiger partial charge in [0, 0.05) is 30.2 Å². The Morgan fingerprint density at radius 3 is 2.62 bits per heavy atom. The molecule has 0 aliphatic carbocycles. The Hall–Kier alpha value is -2.98. The van der Waals surface area contributed by atoms with E-state index in [1.165, 1.54) is 21.8 Å². The zero-order valence-corrected chi connectivity index (χ0v) is 17.7. The lowest BCUT2D eigenvalue weighted by molar-refractivity contribution is 0.414. The zero-order chi connectivity index (χ0) is 20.6. The van der Waals surface area contributed by atoms with E-state index in [1.807, 2.05) is 19.1 Å². The average Bonchev–Trinajstić information content (AvgIpc) is 3.35. The summed E-state index contributed by atoms with van der Waals surface area (Å²) in [6.45, 7) is 1.97. The number of benzene rings is 1. The second-order valence-corrected chi connectivity index (χ2v) is 9.16. The first-order valence-corrected chi connectivity index (χ1v) is 11.1. The Morgan fingerprint density at radius 1 is 1.21 bits per heavy atom. The third kappa shape index (κ3) is 3.56. The molecule has 0 fully saturated rings. The van der Waals surface area contributed by atoms with Crippen LogP contribution in [0.15, 0.2) is 53.0 Å². The molecular weight excluding hydrogens is 410 g/mol. The van der Waals surface area contributed by atoms with Crippen LogP contribution in [0.5, 0.6) is 5.75 Å². The molecule has 4 aromatic rings. The van der Waals surface area contributed by atoms with Crippen molar-refractivity contribution in [3.8, 4) is 5.75 Å². The molecule has 29 heavy (non-hydrogen) atoms. The van der Waals surface area contributed by atoms with Crippen molar-refractivity contribution >= 4 is 37.5 Å². The van der Waals surface area contributed by atoms with E-state index in [-0.39, 0.29) is 11.4 Å². The average molecular weight is 430 g/mol. The van der Waals surface area contributed by atoms with E-state index >= 15 is 0 Å². The predicted molar refractivity (Wildman–Crippen MR) is 112 cm³/mol. The lowest BCUT2D eigenvalue weighted by atomic mass is 10.2. The molecule has 0 amide bonds. The summed E-state index contributed by atoms with van der Waals surface area (Å²) >= 11 is 1.26. The summed E-state index contributed by atoms with van der Waals surface area (Å²) in [7, 11) is -0.518. The van der Waals surface area contributed by atoms with Gasteiger partial charge in [-0.3, -0.25) is 4.68 Å². The van der Waals surface area contributed by atoms with E-state index in [1.54, 1.807) is 48.6 Å². The number of ether oxygens (including phenoxy) is 1. The number of methoxy groups -OCH3 is 1. The fraction of sp³-hybridized carbons (Fsp3) is 0.211. The molecule has 0 atom stereocenters. The summed E-state index contributed by atoms with van der Waals surface area (Å²) in [6, 6.07) is 8.89. The lowest BCUT2D eigenvalue weighted by Gasteiger charge is -2.22. The molecule has 0 N–H and O–H groups in total. The van der Waals surface area contributed by atoms with Gasteiger partial charge in [0.2, 0.25) is 0 Å². The largest absolute Gasteiger partial charge is 0.497 e. The van der Waals surface area contributed by atoms with E-state index < -0.39 is 10.0 Å². The van der Waals surface area contributed by atoms with E-state index in [4.69, 9.17) is 4.74 Å². The summed E-state index contributed by atoms with van der Waals surface area (Å²) < 4.78 is 35.2. The Labute approximate surface area is 172 Å². The molecule has 0 spiro atoms. The summed E-state index contributed by atoms with van der Waals surface area (Å²) in [4.78, 5) is 8.65. The number of sulfonamides is 1. The first-order valence-electron chi connectivity index (χ1n) is 8.74. The molecule has 0 saturated heterocycles. The number of aryl methyl sites for hydroxylation is 2. The molecule has 10 heteroatoms. The highest BCUT2D eigenvalue weighted by Gasteiger charge is 2.28. The van der Waals surface area contributed by atoms with Crippen LogP contribution < -0.4 is 9.04 Å². The monoisotopic (exact) mass is 429 g/mol. The van der Waals surface area contributed by atoms with E-state index in [0.29, 0.717) is 21.9 Å². The normalized spacial score (nSPS) is 11.7. The number of hydrogen-bond acceptors (Lipinski definition) is 7. The molecule has 0 bridgehead atoms. The van der Waals surface area contributed by atoms with Gasteiger partial charge in [-0.15, -0.1) is 11.3 Å². The van der Waals surface area contributed by atoms with Crippen molar-refractivity contribution in [1.82, 2.24) is 19.7 Å². The van der Waals surface area contributed by atoms with Crippen LogP contribution in [0.25, 0.3) is 11.0 Å². The number of rotatable bonds is 6. The maximum absolute atomic E-state index is 13.5. The Bertz CT molecular complexity index is 1250. The molecule has 150 valence electrons. The molecule has 0 saturated carbocycles. The minimum absolute atomic E-state index is 0.102. The van der Waals surface area contributed by atoms with Crippen LogP contribution in [0.2, 0.25) is 0 Å². The quantitative estimate of drug-likeness (QED) is 0.468. The summed E-state index contributed by atoms with van der Waals surface area (Å²) in [5.41, 5.74) is 2.18. The van der Waals surface area contributed by atoms with Crippen molar-refractivity contribution in [3.05, 3.63) is 59.4 Å². The Kier molecular flexibility index (Phi) is 4.97. The van der Waals surface area contributed by atoms with Crippen LogP contribution in [0.1, 0.15) is 11.3 Å². The van der Waals surface area contributed by atoms with Crippen molar-refractivity contribution < 1.29 is 13.2 Å². The van der Waals surface area contributed by atoms with Crippen LogP contribution in [0.4, 0.5) is 5.13 Å². The molecule has 3 heterocycles. The summed E-state index contributed by atoms with van der Waals surface area (Å²) in [5, 5.41) is 7.16. The second kappa shape index (κ2) is 7.45. The minimum Gasteiger partial charge on any atom is -0.497 e. The number of anilines is 1. The topological polar surface area (TPSA) is 90.2 Å². The minimum atomic E-state index is -3.89. The highest BCUT2D eigenvalue weighted by Crippen LogP contribution is 2.29. The Morgan fingerprint density at radius 2 is 1.97 bits per heavy atom. The lowest BCUT2D eigenvalue weighted by Crippen LogP contribution is -2.30. The van der Waals surface area contributed by atoms with E-state index in [9.17, 15) is 8.42 Å². The third-order valence-electron chi connectivity index (χ3n) is 4.54. The smallest absolute Gasteiger partial charge is 0.267 e. The van der Waals surface area contributed by atoms with Gasteiger partial charge in [-0.25, -0.2) is 22.7 Å². The number of hydrogen-bond donors (Lipinski definition) is 0. The van der Waals surface area contributed by atoms with Gasteiger partial charge < -0.3 is 4.74 Å². The van der Waals surface area contributed by atoms with Crippen LogP contribution in [0.3, 0.4) is 0 Å². The van der Waals surface area contributed by atoms with Crippen molar-refractivity contribution in [1.29, 1.82) is 0 Å². The molecule has 0 radical (unpaired) electrons. The molecular formula is C19H19N5O3S2. The first-order chi connectivity index (χ1) is 13.9. The fourth-order valence-electron chi connectivity index (χ4n) is 3.05. The molecule has 4 rings (SSSR count). The van der Waals surface area contributed by atoms with Crippen molar-refractivity contribution in [2.75, 3.05) is 11.4 Å². The van der Waals surface area contributed by atoms with Gasteiger partial charge in [-0.05, 0) is 30.7 Å². The molecule has 3 aromatic heterocycles. The van der Waals surface area contributed by atoms with Gasteiger partial charge in [-0.2, -0.15) is 5.10 Å². The molecule has 0 aliphatic heterocycles. The number of aromatic nitrogens is 4. The van der Waals surface area contributed by atoms with Gasteiger partial charge >= 0.3 is 0 Å². The molecule has 8 nitrogen and oxygen atoms in total. The van der Waals surface area contributed by atoms with E-state index in [2.05, 4.69) is 15.1 Å². The Balaban J connectivity index is 1.77. The van der Waals surface area contributed by atoms with Gasteiger partial charge in [0.25, 0.3) is 10.0 Å². The van der Waals surface area contributed by atoms with Crippen molar-refractivity contribution in [2.24, 2.45) is 7.05 Å². The van der Waals surface area contributed by atoms with Gasteiger partial charge in [0.1, 0.15) is 10.6 Å². The summed E-state index contributed by atoms with van der Waals surface area (Å²) in [5.74, 6) is 0.708. The highest BCUT2D eigenvalue weighted by molar-refractivity contribution is 7.93. The van der Waals surface area contributed by atoms with Gasteiger partial charge in [0.05, 0.1) is 19.3 Å². The SMILES string of the molecule is COc1ccc(CN(c2nccs2)S(=O)(=O)c2cnc3c(c2)c(C)nn3C)cc1. The summed E-state index contributed by atoms with van der Waals surface area (Å²) in [6.07, 6.45) is 2.96. The number of thiazole rings is 1. The standard InChI is InChI=1S/C19H19N5O3S2/c1-13-17-10-16(11-21-18(17)23(2)22-13)29(25,26)24(19-20-8-9-28-19)12-14-4-6-15(27-3)7-5-14/h4-11H,12H2,1-3H3. The first kappa shape index (κ1) is 19.3. The van der Waals surface area contributed by atoms with Crippen LogP contribution >= 0.6 is 11.3 Å². The van der Waals surface area contributed by atoms with Crippen LogP contribution in [-0.2, 0) is 23.6 Å². The maximum Gasteiger partial charge on any atom is 0.267 e. The van der Waals surface area contributed by atoms with Crippen LogP contribution in [-0.4, -0.2) is 35.3 Å². The van der Waals surface area contributed by atoms with Gasteiger partial charge in [0.15, 0.2) is 10.8 Å². The molecule has 0 aliphatic rings. The van der Waals surface area contributed by atoms with Crippen molar-refractivity contribution in [2.45, 2.75) is 18.4 Å².